The Bertz CT molecular complexity index is 696. The molecule has 0 bridgehead atoms. The molecule has 0 aliphatic rings. The Morgan fingerprint density at radius 3 is 2.73 bits per heavy atom. The van der Waals surface area contributed by atoms with Crippen LogP contribution in [0.5, 0.6) is 11.5 Å². The number of methoxy groups -OCH3 is 1. The first kappa shape index (κ1) is 15.7. The van der Waals surface area contributed by atoms with Crippen molar-refractivity contribution in [2.24, 2.45) is 5.10 Å². The lowest BCUT2D eigenvalue weighted by Gasteiger charge is -2.09. The molecule has 2 aromatic rings. The van der Waals surface area contributed by atoms with Gasteiger partial charge in [0.2, 0.25) is 5.91 Å². The van der Waals surface area contributed by atoms with Gasteiger partial charge in [-0.1, -0.05) is 6.07 Å². The van der Waals surface area contributed by atoms with Crippen LogP contribution >= 0.6 is 11.3 Å². The lowest BCUT2D eigenvalue weighted by molar-refractivity contribution is -0.118. The van der Waals surface area contributed by atoms with Crippen LogP contribution in [0.2, 0.25) is 0 Å². The Morgan fingerprint density at radius 1 is 1.27 bits per heavy atom. The Hall–Kier alpha value is -2.67. The fourth-order valence-corrected chi connectivity index (χ4v) is 2.19. The SMILES string of the molecule is COc1cc(/C=N\NC(C)=O)ccc1OC(=O)c1cccs1. The summed E-state index contributed by atoms with van der Waals surface area (Å²) in [5.41, 5.74) is 3.00. The molecular formula is C15H14N2O4S. The highest BCUT2D eigenvalue weighted by atomic mass is 32.1. The molecule has 114 valence electrons. The summed E-state index contributed by atoms with van der Waals surface area (Å²) in [4.78, 5) is 23.2. The highest BCUT2D eigenvalue weighted by Crippen LogP contribution is 2.28. The molecule has 1 amide bonds. The topological polar surface area (TPSA) is 77.0 Å². The van der Waals surface area contributed by atoms with E-state index in [-0.39, 0.29) is 5.91 Å². The zero-order chi connectivity index (χ0) is 15.9. The number of nitrogens with zero attached hydrogens (tertiary/aromatic N) is 1. The van der Waals surface area contributed by atoms with Crippen LogP contribution in [0, 0.1) is 0 Å². The number of carbonyl (C=O) groups excluding carboxylic acids is 2. The van der Waals surface area contributed by atoms with Crippen LogP contribution in [0.1, 0.15) is 22.2 Å². The predicted octanol–water partition coefficient (Wildman–Crippen LogP) is 2.45. The van der Waals surface area contributed by atoms with Gasteiger partial charge in [-0.05, 0) is 35.2 Å². The van der Waals surface area contributed by atoms with Gasteiger partial charge in [-0.15, -0.1) is 11.3 Å². The molecule has 6 nitrogen and oxygen atoms in total. The Morgan fingerprint density at radius 2 is 2.09 bits per heavy atom. The summed E-state index contributed by atoms with van der Waals surface area (Å²) in [5.74, 6) is 0.0203. The molecule has 0 aliphatic heterocycles. The second-order valence-electron chi connectivity index (χ2n) is 4.20. The highest BCUT2D eigenvalue weighted by Gasteiger charge is 2.13. The normalized spacial score (nSPS) is 10.5. The second kappa shape index (κ2) is 7.37. The molecule has 1 aromatic heterocycles. The largest absolute Gasteiger partial charge is 0.493 e. The molecule has 1 aromatic carbocycles. The van der Waals surface area contributed by atoms with Gasteiger partial charge in [-0.2, -0.15) is 5.10 Å². The minimum Gasteiger partial charge on any atom is -0.493 e. The van der Waals surface area contributed by atoms with Crippen molar-refractivity contribution in [1.82, 2.24) is 5.43 Å². The lowest BCUT2D eigenvalue weighted by atomic mass is 10.2. The molecular weight excluding hydrogens is 304 g/mol. The van der Waals surface area contributed by atoms with Crippen molar-refractivity contribution < 1.29 is 19.1 Å². The third kappa shape index (κ3) is 4.16. The summed E-state index contributed by atoms with van der Waals surface area (Å²) in [6, 6.07) is 8.43. The van der Waals surface area contributed by atoms with Crippen LogP contribution < -0.4 is 14.9 Å². The number of esters is 1. The van der Waals surface area contributed by atoms with E-state index < -0.39 is 5.97 Å². The molecule has 0 unspecified atom stereocenters. The summed E-state index contributed by atoms with van der Waals surface area (Å²) in [7, 11) is 1.48. The molecule has 0 fully saturated rings. The zero-order valence-corrected chi connectivity index (χ0v) is 12.8. The van der Waals surface area contributed by atoms with Gasteiger partial charge in [-0.25, -0.2) is 10.2 Å². The number of thiophene rings is 1. The quantitative estimate of drug-likeness (QED) is 0.397. The summed E-state index contributed by atoms with van der Waals surface area (Å²) in [6.07, 6.45) is 1.47. The summed E-state index contributed by atoms with van der Waals surface area (Å²) < 4.78 is 10.5. The second-order valence-corrected chi connectivity index (χ2v) is 5.15. The van der Waals surface area contributed by atoms with Crippen LogP contribution in [-0.4, -0.2) is 25.2 Å². The smallest absolute Gasteiger partial charge is 0.353 e. The third-order valence-electron chi connectivity index (χ3n) is 2.55. The summed E-state index contributed by atoms with van der Waals surface area (Å²) >= 11 is 1.30. The number of ether oxygens (including phenoxy) is 2. The number of amides is 1. The van der Waals surface area contributed by atoms with Crippen molar-refractivity contribution in [3.05, 3.63) is 46.2 Å². The molecule has 0 atom stereocenters. The average molecular weight is 318 g/mol. The lowest BCUT2D eigenvalue weighted by Crippen LogP contribution is -2.12. The first-order valence-electron chi connectivity index (χ1n) is 6.33. The van der Waals surface area contributed by atoms with Gasteiger partial charge in [0.15, 0.2) is 11.5 Å². The van der Waals surface area contributed by atoms with E-state index in [1.54, 1.807) is 35.7 Å². The monoisotopic (exact) mass is 318 g/mol. The fraction of sp³-hybridized carbons (Fsp3) is 0.133. The number of hydrogen-bond donors (Lipinski definition) is 1. The number of nitrogens with one attached hydrogen (secondary N) is 1. The molecule has 0 aliphatic carbocycles. The Labute approximate surface area is 131 Å². The van der Waals surface area contributed by atoms with Crippen LogP contribution in [-0.2, 0) is 4.79 Å². The van der Waals surface area contributed by atoms with Gasteiger partial charge in [0.1, 0.15) is 4.88 Å². The number of hydrogen-bond acceptors (Lipinski definition) is 6. The van der Waals surface area contributed by atoms with Gasteiger partial charge >= 0.3 is 5.97 Å². The van der Waals surface area contributed by atoms with Gasteiger partial charge in [0, 0.05) is 6.92 Å². The Balaban J connectivity index is 2.14. The maximum absolute atomic E-state index is 11.9. The molecule has 7 heteroatoms. The van der Waals surface area contributed by atoms with Crippen LogP contribution in [0.3, 0.4) is 0 Å². The van der Waals surface area contributed by atoms with Gasteiger partial charge in [-0.3, -0.25) is 4.79 Å². The summed E-state index contributed by atoms with van der Waals surface area (Å²) in [6.45, 7) is 1.37. The van der Waals surface area contributed by atoms with Crippen molar-refractivity contribution in [1.29, 1.82) is 0 Å². The molecule has 0 saturated heterocycles. The Kier molecular flexibility index (Phi) is 5.26. The molecule has 0 spiro atoms. The average Bonchev–Trinajstić information content (AvgIpc) is 3.02. The molecule has 0 saturated carbocycles. The van der Waals surface area contributed by atoms with Crippen molar-refractivity contribution >= 4 is 29.4 Å². The predicted molar refractivity (Wildman–Crippen MR) is 83.7 cm³/mol. The fourth-order valence-electron chi connectivity index (χ4n) is 1.59. The first-order valence-corrected chi connectivity index (χ1v) is 7.21. The summed E-state index contributed by atoms with van der Waals surface area (Å²) in [5, 5.41) is 5.56. The number of rotatable bonds is 5. The molecule has 1 N–H and O–H groups in total. The molecule has 1 heterocycles. The van der Waals surface area contributed by atoms with Crippen molar-refractivity contribution in [2.45, 2.75) is 6.92 Å². The van der Waals surface area contributed by atoms with E-state index in [0.29, 0.717) is 21.9 Å². The minimum atomic E-state index is -0.437. The maximum atomic E-state index is 11.9. The maximum Gasteiger partial charge on any atom is 0.353 e. The number of hydrazone groups is 1. The van der Waals surface area contributed by atoms with Gasteiger partial charge in [0.25, 0.3) is 0 Å². The van der Waals surface area contributed by atoms with Crippen molar-refractivity contribution in [3.8, 4) is 11.5 Å². The van der Waals surface area contributed by atoms with E-state index in [0.717, 1.165) is 0 Å². The van der Waals surface area contributed by atoms with Gasteiger partial charge < -0.3 is 9.47 Å². The van der Waals surface area contributed by atoms with Gasteiger partial charge in [0.05, 0.1) is 13.3 Å². The zero-order valence-electron chi connectivity index (χ0n) is 12.0. The van der Waals surface area contributed by atoms with E-state index in [4.69, 9.17) is 9.47 Å². The number of carbonyl (C=O) groups is 2. The minimum absolute atomic E-state index is 0.260. The van der Waals surface area contributed by atoms with Crippen LogP contribution in [0.25, 0.3) is 0 Å². The standard InChI is InChI=1S/C15H14N2O4S/c1-10(18)17-16-9-11-5-6-12(13(8-11)20-2)21-15(19)14-4-3-7-22-14/h3-9H,1-2H3,(H,17,18)/b16-9-. The molecule has 22 heavy (non-hydrogen) atoms. The van der Waals surface area contributed by atoms with E-state index >= 15 is 0 Å². The van der Waals surface area contributed by atoms with Crippen LogP contribution in [0.15, 0.2) is 40.8 Å². The van der Waals surface area contributed by atoms with E-state index in [2.05, 4.69) is 10.5 Å². The first-order chi connectivity index (χ1) is 10.6. The highest BCUT2D eigenvalue weighted by molar-refractivity contribution is 7.12. The van der Waals surface area contributed by atoms with Crippen LogP contribution in [0.4, 0.5) is 0 Å². The van der Waals surface area contributed by atoms with E-state index in [1.165, 1.54) is 31.6 Å². The molecule has 0 radical (unpaired) electrons. The molecule has 2 rings (SSSR count). The van der Waals surface area contributed by atoms with E-state index in [9.17, 15) is 9.59 Å². The van der Waals surface area contributed by atoms with Crippen molar-refractivity contribution in [3.63, 3.8) is 0 Å². The third-order valence-corrected chi connectivity index (χ3v) is 3.40. The number of benzene rings is 1. The van der Waals surface area contributed by atoms with E-state index in [1.807, 2.05) is 0 Å². The van der Waals surface area contributed by atoms with Crippen molar-refractivity contribution in [2.75, 3.05) is 7.11 Å².